The van der Waals surface area contributed by atoms with Crippen molar-refractivity contribution in [3.05, 3.63) is 36.4 Å². The van der Waals surface area contributed by atoms with Crippen molar-refractivity contribution in [3.8, 4) is 28.6 Å². The summed E-state index contributed by atoms with van der Waals surface area (Å²) in [5.41, 5.74) is 2.94. The molecule has 108 valence electrons. The number of aryl methyl sites for hydroxylation is 1. The van der Waals surface area contributed by atoms with Crippen molar-refractivity contribution in [3.63, 3.8) is 0 Å². The van der Waals surface area contributed by atoms with Gasteiger partial charge in [-0.05, 0) is 24.3 Å². The molecule has 2 N–H and O–H groups in total. The number of methoxy groups -OCH3 is 2. The first-order chi connectivity index (χ1) is 10.2. The zero-order valence-corrected chi connectivity index (χ0v) is 12.2. The number of nitrogens with one attached hydrogen (secondary N) is 1. The smallest absolute Gasteiger partial charge is 0.287 e. The summed E-state index contributed by atoms with van der Waals surface area (Å²) >= 11 is 0. The van der Waals surface area contributed by atoms with Crippen molar-refractivity contribution in [2.45, 2.75) is 0 Å². The standard InChI is InChI=1S/C16H16N2O3/c1-18-12-7-5-4-6-11(12)17-16(18)10-8-13(19)15(21-3)14(9-10)20-2/h4-9,19H,1-3H3/p+1. The van der Waals surface area contributed by atoms with Crippen LogP contribution < -0.4 is 14.0 Å². The topological polar surface area (TPSA) is 58.4 Å². The van der Waals surface area contributed by atoms with E-state index in [4.69, 9.17) is 9.47 Å². The highest BCUT2D eigenvalue weighted by Crippen LogP contribution is 2.39. The van der Waals surface area contributed by atoms with E-state index in [1.807, 2.05) is 41.9 Å². The summed E-state index contributed by atoms with van der Waals surface area (Å²) in [4.78, 5) is 3.35. The summed E-state index contributed by atoms with van der Waals surface area (Å²) < 4.78 is 12.5. The van der Waals surface area contributed by atoms with Gasteiger partial charge in [0.2, 0.25) is 5.75 Å². The van der Waals surface area contributed by atoms with Crippen molar-refractivity contribution >= 4 is 11.0 Å². The summed E-state index contributed by atoms with van der Waals surface area (Å²) in [6, 6.07) is 11.5. The lowest BCUT2D eigenvalue weighted by molar-refractivity contribution is -0.633. The molecule has 0 aliphatic heterocycles. The number of rotatable bonds is 3. The molecule has 1 aromatic heterocycles. The van der Waals surface area contributed by atoms with Crippen LogP contribution >= 0.6 is 0 Å². The van der Waals surface area contributed by atoms with Gasteiger partial charge in [-0.2, -0.15) is 0 Å². The second-order valence-electron chi connectivity index (χ2n) is 4.78. The molecule has 0 amide bonds. The van der Waals surface area contributed by atoms with Crippen LogP contribution in [0.15, 0.2) is 36.4 Å². The lowest BCUT2D eigenvalue weighted by Crippen LogP contribution is -2.28. The Kier molecular flexibility index (Phi) is 3.17. The third-order valence-electron chi connectivity index (χ3n) is 3.59. The van der Waals surface area contributed by atoms with Crippen LogP contribution in [0.5, 0.6) is 17.2 Å². The molecule has 0 unspecified atom stereocenters. The Hall–Kier alpha value is -2.69. The van der Waals surface area contributed by atoms with Gasteiger partial charge in [0.1, 0.15) is 0 Å². The third-order valence-corrected chi connectivity index (χ3v) is 3.59. The Balaban J connectivity index is 2.23. The fourth-order valence-corrected chi connectivity index (χ4v) is 2.55. The van der Waals surface area contributed by atoms with E-state index in [1.54, 1.807) is 13.2 Å². The number of aromatic nitrogens is 2. The molecule has 0 atom stereocenters. The van der Waals surface area contributed by atoms with Crippen LogP contribution in [0.4, 0.5) is 0 Å². The van der Waals surface area contributed by atoms with Crippen LogP contribution in [0.3, 0.4) is 0 Å². The van der Waals surface area contributed by atoms with Gasteiger partial charge in [-0.3, -0.25) is 0 Å². The zero-order chi connectivity index (χ0) is 15.0. The molecule has 0 bridgehead atoms. The monoisotopic (exact) mass is 285 g/mol. The minimum atomic E-state index is 0.0468. The molecular weight excluding hydrogens is 268 g/mol. The lowest BCUT2D eigenvalue weighted by Gasteiger charge is -2.10. The Labute approximate surface area is 122 Å². The second kappa shape index (κ2) is 5.01. The van der Waals surface area contributed by atoms with E-state index in [9.17, 15) is 5.11 Å². The number of aromatic amines is 1. The first-order valence-corrected chi connectivity index (χ1v) is 6.57. The van der Waals surface area contributed by atoms with Crippen LogP contribution in [0.25, 0.3) is 22.4 Å². The molecule has 3 aromatic rings. The van der Waals surface area contributed by atoms with Crippen molar-refractivity contribution in [2.24, 2.45) is 7.05 Å². The van der Waals surface area contributed by atoms with E-state index in [1.165, 1.54) is 7.11 Å². The average Bonchev–Trinajstić information content (AvgIpc) is 2.84. The van der Waals surface area contributed by atoms with Gasteiger partial charge in [0.15, 0.2) is 22.5 Å². The maximum absolute atomic E-state index is 10.1. The fourth-order valence-electron chi connectivity index (χ4n) is 2.55. The van der Waals surface area contributed by atoms with E-state index in [0.29, 0.717) is 11.5 Å². The number of phenolic OH excluding ortho intramolecular Hbond substituents is 1. The summed E-state index contributed by atoms with van der Waals surface area (Å²) in [6.07, 6.45) is 0. The number of imidazole rings is 1. The number of nitrogens with zero attached hydrogens (tertiary/aromatic N) is 1. The number of H-pyrrole nitrogens is 1. The van der Waals surface area contributed by atoms with Crippen LogP contribution in [0.2, 0.25) is 0 Å². The van der Waals surface area contributed by atoms with Gasteiger partial charge in [0.05, 0.1) is 26.8 Å². The molecule has 21 heavy (non-hydrogen) atoms. The van der Waals surface area contributed by atoms with E-state index >= 15 is 0 Å². The SMILES string of the molecule is COc1cc(-c2[nH]c3ccccc3[n+]2C)cc(O)c1OC. The summed E-state index contributed by atoms with van der Waals surface area (Å²) in [5.74, 6) is 1.75. The number of benzene rings is 2. The van der Waals surface area contributed by atoms with Crippen molar-refractivity contribution in [2.75, 3.05) is 14.2 Å². The van der Waals surface area contributed by atoms with E-state index in [0.717, 1.165) is 22.4 Å². The van der Waals surface area contributed by atoms with Gasteiger partial charge < -0.3 is 14.6 Å². The quantitative estimate of drug-likeness (QED) is 0.726. The Bertz CT molecular complexity index is 809. The third kappa shape index (κ3) is 2.07. The van der Waals surface area contributed by atoms with E-state index in [2.05, 4.69) is 4.98 Å². The fraction of sp³-hybridized carbons (Fsp3) is 0.188. The summed E-state index contributed by atoms with van der Waals surface area (Å²) in [5, 5.41) is 10.1. The highest BCUT2D eigenvalue weighted by molar-refractivity contribution is 5.75. The van der Waals surface area contributed by atoms with Gasteiger partial charge >= 0.3 is 0 Å². The van der Waals surface area contributed by atoms with Crippen LogP contribution in [0, 0.1) is 0 Å². The molecule has 2 aromatic carbocycles. The predicted molar refractivity (Wildman–Crippen MR) is 79.7 cm³/mol. The van der Waals surface area contributed by atoms with Crippen molar-refractivity contribution < 1.29 is 19.1 Å². The first-order valence-electron chi connectivity index (χ1n) is 6.57. The zero-order valence-electron chi connectivity index (χ0n) is 12.2. The minimum Gasteiger partial charge on any atom is -0.504 e. The molecule has 0 saturated carbocycles. The normalized spacial score (nSPS) is 10.8. The molecule has 0 radical (unpaired) electrons. The van der Waals surface area contributed by atoms with Gasteiger partial charge in [-0.1, -0.05) is 12.1 Å². The van der Waals surface area contributed by atoms with Gasteiger partial charge in [0.25, 0.3) is 5.82 Å². The summed E-state index contributed by atoms with van der Waals surface area (Å²) in [7, 11) is 5.02. The van der Waals surface area contributed by atoms with Gasteiger partial charge in [-0.15, -0.1) is 0 Å². The van der Waals surface area contributed by atoms with Crippen LogP contribution in [-0.4, -0.2) is 24.3 Å². The van der Waals surface area contributed by atoms with Gasteiger partial charge in [0, 0.05) is 0 Å². The van der Waals surface area contributed by atoms with Crippen LogP contribution in [-0.2, 0) is 7.05 Å². The van der Waals surface area contributed by atoms with Gasteiger partial charge in [-0.25, -0.2) is 9.55 Å². The Morgan fingerprint density at radius 3 is 2.52 bits per heavy atom. The highest BCUT2D eigenvalue weighted by Gasteiger charge is 2.21. The number of aromatic hydroxyl groups is 1. The number of phenols is 1. The molecule has 1 heterocycles. The van der Waals surface area contributed by atoms with Crippen molar-refractivity contribution in [1.82, 2.24) is 4.98 Å². The molecule has 3 rings (SSSR count). The molecule has 0 fully saturated rings. The highest BCUT2D eigenvalue weighted by atomic mass is 16.5. The molecular formula is C16H17N2O3+. The van der Waals surface area contributed by atoms with E-state index < -0.39 is 0 Å². The van der Waals surface area contributed by atoms with Crippen molar-refractivity contribution in [1.29, 1.82) is 0 Å². The molecule has 0 saturated heterocycles. The molecule has 0 aliphatic rings. The molecule has 5 heteroatoms. The first kappa shape index (κ1) is 13.3. The Morgan fingerprint density at radius 2 is 1.86 bits per heavy atom. The predicted octanol–water partition coefficient (Wildman–Crippen LogP) is 2.38. The average molecular weight is 285 g/mol. The lowest BCUT2D eigenvalue weighted by atomic mass is 10.1. The minimum absolute atomic E-state index is 0.0468. The van der Waals surface area contributed by atoms with Crippen LogP contribution in [0.1, 0.15) is 0 Å². The largest absolute Gasteiger partial charge is 0.504 e. The molecule has 5 nitrogen and oxygen atoms in total. The number of hydrogen-bond acceptors (Lipinski definition) is 3. The maximum atomic E-state index is 10.1. The summed E-state index contributed by atoms with van der Waals surface area (Å²) in [6.45, 7) is 0. The number of fused-ring (bicyclic) bond motifs is 1. The number of hydrogen-bond donors (Lipinski definition) is 2. The molecule has 0 aliphatic carbocycles. The maximum Gasteiger partial charge on any atom is 0.287 e. The Morgan fingerprint density at radius 1 is 1.10 bits per heavy atom. The molecule has 0 spiro atoms. The second-order valence-corrected chi connectivity index (χ2v) is 4.78. The number of ether oxygens (including phenoxy) is 2. The number of para-hydroxylation sites is 2. The van der Waals surface area contributed by atoms with E-state index in [-0.39, 0.29) is 5.75 Å².